The molecule has 122 valence electrons. The summed E-state index contributed by atoms with van der Waals surface area (Å²) in [5, 5.41) is 9.36. The second-order valence-electron chi connectivity index (χ2n) is 7.49. The number of aliphatic hydroxyl groups excluding tert-OH is 1. The van der Waals surface area contributed by atoms with Gasteiger partial charge in [-0.15, -0.1) is 0 Å². The molecule has 0 aromatic rings. The van der Waals surface area contributed by atoms with Crippen molar-refractivity contribution in [2.24, 2.45) is 16.2 Å². The summed E-state index contributed by atoms with van der Waals surface area (Å²) in [5.74, 6) is 0. The third kappa shape index (κ3) is 3.46. The van der Waals surface area contributed by atoms with Crippen LogP contribution in [-0.4, -0.2) is 57.0 Å². The average molecular weight is 302 g/mol. The lowest BCUT2D eigenvalue weighted by Crippen LogP contribution is -2.56. The van der Waals surface area contributed by atoms with E-state index >= 15 is 0 Å². The van der Waals surface area contributed by atoms with Gasteiger partial charge in [0.05, 0.1) is 43.9 Å². The number of hydrogen-bond acceptors (Lipinski definition) is 6. The number of aliphatic hydroxyl groups is 1. The standard InChI is InChI=1S/C15H26O6/c1-13(2,5-16)11-18-7-15(8-19-11)9-20-12(21-10-15)14(3,4)6-17/h5,11-12,17H,6-10H2,1-4H3. The highest BCUT2D eigenvalue weighted by molar-refractivity contribution is 5.58. The molecule has 21 heavy (non-hydrogen) atoms. The quantitative estimate of drug-likeness (QED) is 0.780. The van der Waals surface area contributed by atoms with E-state index in [1.54, 1.807) is 13.8 Å². The van der Waals surface area contributed by atoms with Gasteiger partial charge in [0.2, 0.25) is 0 Å². The van der Waals surface area contributed by atoms with Crippen molar-refractivity contribution in [1.82, 2.24) is 0 Å². The second-order valence-corrected chi connectivity index (χ2v) is 7.49. The molecule has 2 fully saturated rings. The normalized spacial score (nSPS) is 34.9. The fraction of sp³-hybridized carbons (Fsp3) is 0.933. The monoisotopic (exact) mass is 302 g/mol. The summed E-state index contributed by atoms with van der Waals surface area (Å²) in [4.78, 5) is 11.0. The maximum atomic E-state index is 11.0. The molecule has 1 spiro atoms. The smallest absolute Gasteiger partial charge is 0.169 e. The molecule has 2 aliphatic rings. The van der Waals surface area contributed by atoms with E-state index < -0.39 is 23.4 Å². The fourth-order valence-corrected chi connectivity index (χ4v) is 2.37. The maximum Gasteiger partial charge on any atom is 0.169 e. The minimum atomic E-state index is -0.667. The van der Waals surface area contributed by atoms with Crippen LogP contribution in [0, 0.1) is 16.2 Å². The molecule has 6 nitrogen and oxygen atoms in total. The summed E-state index contributed by atoms with van der Waals surface area (Å²) in [6, 6.07) is 0. The second kappa shape index (κ2) is 5.93. The van der Waals surface area contributed by atoms with E-state index in [0.717, 1.165) is 6.29 Å². The Hall–Kier alpha value is -0.530. The molecule has 0 aliphatic carbocycles. The van der Waals surface area contributed by atoms with Crippen LogP contribution in [0.2, 0.25) is 0 Å². The highest BCUT2D eigenvalue weighted by Crippen LogP contribution is 2.37. The number of ether oxygens (including phenoxy) is 4. The highest BCUT2D eigenvalue weighted by atomic mass is 16.7. The first-order chi connectivity index (χ1) is 9.75. The van der Waals surface area contributed by atoms with Crippen LogP contribution in [0.3, 0.4) is 0 Å². The van der Waals surface area contributed by atoms with Crippen LogP contribution in [-0.2, 0) is 23.7 Å². The van der Waals surface area contributed by atoms with E-state index in [9.17, 15) is 9.90 Å². The van der Waals surface area contributed by atoms with Crippen molar-refractivity contribution in [3.63, 3.8) is 0 Å². The van der Waals surface area contributed by atoms with Gasteiger partial charge in [0.15, 0.2) is 12.6 Å². The van der Waals surface area contributed by atoms with E-state index in [1.807, 2.05) is 13.8 Å². The Kier molecular flexibility index (Phi) is 4.75. The first-order valence-electron chi connectivity index (χ1n) is 7.28. The number of rotatable bonds is 4. The van der Waals surface area contributed by atoms with Gasteiger partial charge in [-0.05, 0) is 13.8 Å². The Bertz CT molecular complexity index is 360. The van der Waals surface area contributed by atoms with Crippen LogP contribution in [0.1, 0.15) is 27.7 Å². The zero-order valence-electron chi connectivity index (χ0n) is 13.3. The summed E-state index contributed by atoms with van der Waals surface area (Å²) < 4.78 is 22.9. The van der Waals surface area contributed by atoms with Gasteiger partial charge in [-0.2, -0.15) is 0 Å². The maximum absolute atomic E-state index is 11.0. The summed E-state index contributed by atoms with van der Waals surface area (Å²) in [6.07, 6.45) is -0.118. The van der Waals surface area contributed by atoms with Crippen LogP contribution in [0.5, 0.6) is 0 Å². The van der Waals surface area contributed by atoms with Crippen molar-refractivity contribution >= 4 is 6.29 Å². The van der Waals surface area contributed by atoms with Crippen LogP contribution in [0.4, 0.5) is 0 Å². The Morgan fingerprint density at radius 1 is 1.00 bits per heavy atom. The van der Waals surface area contributed by atoms with Crippen molar-refractivity contribution in [1.29, 1.82) is 0 Å². The molecule has 0 radical (unpaired) electrons. The SMILES string of the molecule is CC(C)(C=O)C1OCC2(CO1)COC(C(C)(C)CO)OC2. The Balaban J connectivity index is 1.90. The van der Waals surface area contributed by atoms with E-state index in [-0.39, 0.29) is 12.0 Å². The van der Waals surface area contributed by atoms with E-state index in [1.165, 1.54) is 0 Å². The van der Waals surface area contributed by atoms with Gasteiger partial charge >= 0.3 is 0 Å². The molecular formula is C15H26O6. The third-order valence-electron chi connectivity index (χ3n) is 4.12. The first-order valence-corrected chi connectivity index (χ1v) is 7.28. The lowest BCUT2D eigenvalue weighted by molar-refractivity contribution is -0.332. The van der Waals surface area contributed by atoms with Crippen LogP contribution < -0.4 is 0 Å². The average Bonchev–Trinajstić information content (AvgIpc) is 2.48. The molecule has 6 heteroatoms. The molecule has 2 heterocycles. The Morgan fingerprint density at radius 3 is 1.81 bits per heavy atom. The van der Waals surface area contributed by atoms with Crippen LogP contribution >= 0.6 is 0 Å². The van der Waals surface area contributed by atoms with Gasteiger partial charge in [0.1, 0.15) is 6.29 Å². The van der Waals surface area contributed by atoms with Crippen molar-refractivity contribution in [3.05, 3.63) is 0 Å². The predicted octanol–water partition coefficient (Wildman–Crippen LogP) is 0.962. The number of aldehydes is 1. The van der Waals surface area contributed by atoms with E-state index in [4.69, 9.17) is 18.9 Å². The van der Waals surface area contributed by atoms with Crippen molar-refractivity contribution in [2.75, 3.05) is 33.0 Å². The molecule has 2 aliphatic heterocycles. The molecule has 2 saturated heterocycles. The lowest BCUT2D eigenvalue weighted by Gasteiger charge is -2.47. The fourth-order valence-electron chi connectivity index (χ4n) is 2.37. The number of carbonyl (C=O) groups is 1. The van der Waals surface area contributed by atoms with Gasteiger partial charge < -0.3 is 28.8 Å². The Labute approximate surface area is 125 Å². The number of carbonyl (C=O) groups excluding carboxylic acids is 1. The topological polar surface area (TPSA) is 74.2 Å². The van der Waals surface area contributed by atoms with Gasteiger partial charge in [-0.3, -0.25) is 0 Å². The Morgan fingerprint density at radius 2 is 1.43 bits per heavy atom. The minimum absolute atomic E-state index is 0.00668. The van der Waals surface area contributed by atoms with Gasteiger partial charge in [0, 0.05) is 5.41 Å². The molecule has 0 aromatic carbocycles. The zero-order chi connectivity index (χ0) is 15.7. The van der Waals surface area contributed by atoms with Gasteiger partial charge in [-0.25, -0.2) is 0 Å². The van der Waals surface area contributed by atoms with Crippen LogP contribution in [0.25, 0.3) is 0 Å². The molecule has 0 unspecified atom stereocenters. The minimum Gasteiger partial charge on any atom is -0.396 e. The lowest BCUT2D eigenvalue weighted by atomic mass is 9.87. The molecule has 2 rings (SSSR count). The zero-order valence-corrected chi connectivity index (χ0v) is 13.3. The molecule has 0 aromatic heterocycles. The predicted molar refractivity (Wildman–Crippen MR) is 74.5 cm³/mol. The van der Waals surface area contributed by atoms with E-state index in [0.29, 0.717) is 26.4 Å². The summed E-state index contributed by atoms with van der Waals surface area (Å²) in [5.41, 5.74) is -1.45. The molecule has 1 N–H and O–H groups in total. The first kappa shape index (κ1) is 16.8. The van der Waals surface area contributed by atoms with Gasteiger partial charge in [-0.1, -0.05) is 13.8 Å². The summed E-state index contributed by atoms with van der Waals surface area (Å²) in [6.45, 7) is 9.13. The molecule has 0 bridgehead atoms. The molecule has 0 saturated carbocycles. The highest BCUT2D eigenvalue weighted by Gasteiger charge is 2.47. The van der Waals surface area contributed by atoms with Crippen molar-refractivity contribution < 1.29 is 28.8 Å². The largest absolute Gasteiger partial charge is 0.396 e. The van der Waals surface area contributed by atoms with Crippen molar-refractivity contribution in [3.8, 4) is 0 Å². The number of hydrogen-bond donors (Lipinski definition) is 1. The van der Waals surface area contributed by atoms with E-state index in [2.05, 4.69) is 0 Å². The summed E-state index contributed by atoms with van der Waals surface area (Å²) >= 11 is 0. The van der Waals surface area contributed by atoms with Gasteiger partial charge in [0.25, 0.3) is 0 Å². The molecular weight excluding hydrogens is 276 g/mol. The van der Waals surface area contributed by atoms with Crippen molar-refractivity contribution in [2.45, 2.75) is 40.3 Å². The summed E-state index contributed by atoms with van der Waals surface area (Å²) in [7, 11) is 0. The molecule has 0 amide bonds. The molecule has 0 atom stereocenters. The van der Waals surface area contributed by atoms with Crippen LogP contribution in [0.15, 0.2) is 0 Å². The third-order valence-corrected chi connectivity index (χ3v) is 4.12.